The van der Waals surface area contributed by atoms with E-state index in [1.165, 1.54) is 18.3 Å². The van der Waals surface area contributed by atoms with Gasteiger partial charge in [0, 0.05) is 25.5 Å². The van der Waals surface area contributed by atoms with E-state index in [4.69, 9.17) is 5.11 Å². The normalized spacial score (nSPS) is 18.3. The van der Waals surface area contributed by atoms with Gasteiger partial charge >= 0.3 is 5.97 Å². The average molecular weight is 366 g/mol. The van der Waals surface area contributed by atoms with Crippen molar-refractivity contribution in [2.24, 2.45) is 4.99 Å². The molecule has 2 N–H and O–H groups in total. The Balaban J connectivity index is 1.55. The molecule has 2 aromatic rings. The summed E-state index contributed by atoms with van der Waals surface area (Å²) >= 11 is 0. The minimum Gasteiger partial charge on any atom is -0.478 e. The van der Waals surface area contributed by atoms with Crippen LogP contribution in [0.4, 0.5) is 5.95 Å². The number of carbonyl (C=O) groups is 2. The summed E-state index contributed by atoms with van der Waals surface area (Å²) in [5.41, 5.74) is 0.508. The van der Waals surface area contributed by atoms with Gasteiger partial charge in [-0.05, 0) is 38.0 Å². The van der Waals surface area contributed by atoms with Crippen LogP contribution in [0.5, 0.6) is 0 Å². The maximum Gasteiger partial charge on any atom is 0.335 e. The fraction of sp³-hybridized carbons (Fsp3) is 0.333. The Hall–Kier alpha value is -3.36. The molecular formula is C18H18N6O3. The van der Waals surface area contributed by atoms with Gasteiger partial charge in [-0.3, -0.25) is 14.8 Å². The number of hydrogen-bond donors (Lipinski definition) is 2. The van der Waals surface area contributed by atoms with Crippen LogP contribution in [0.3, 0.4) is 0 Å². The zero-order valence-electron chi connectivity index (χ0n) is 14.7. The highest BCUT2D eigenvalue weighted by molar-refractivity contribution is 6.07. The van der Waals surface area contributed by atoms with Crippen LogP contribution in [-0.2, 0) is 4.79 Å². The minimum atomic E-state index is -1.01. The SMILES string of the molecule is CC1=NC2(CCN(c3nccc(-c4cc(C(=O)O)ccn4)n3)CC2)C(=O)N1. The Kier molecular flexibility index (Phi) is 4.06. The molecule has 0 bridgehead atoms. The molecule has 0 aliphatic carbocycles. The van der Waals surface area contributed by atoms with Crippen molar-refractivity contribution in [1.82, 2.24) is 20.3 Å². The molecule has 1 spiro atoms. The Morgan fingerprint density at radius 3 is 2.59 bits per heavy atom. The van der Waals surface area contributed by atoms with Gasteiger partial charge in [-0.25, -0.2) is 14.8 Å². The number of amidine groups is 1. The molecule has 0 unspecified atom stereocenters. The van der Waals surface area contributed by atoms with Crippen LogP contribution in [0.2, 0.25) is 0 Å². The summed E-state index contributed by atoms with van der Waals surface area (Å²) in [4.78, 5) is 42.9. The number of nitrogens with one attached hydrogen (secondary N) is 1. The van der Waals surface area contributed by atoms with Gasteiger partial charge in [0.05, 0.1) is 17.0 Å². The highest BCUT2D eigenvalue weighted by atomic mass is 16.4. The molecular weight excluding hydrogens is 348 g/mol. The number of hydrogen-bond acceptors (Lipinski definition) is 7. The molecule has 1 amide bonds. The standard InChI is InChI=1S/C18H18N6O3/c1-11-21-16(27)18(23-11)4-8-24(9-5-18)17-20-7-3-13(22-17)14-10-12(15(25)26)2-6-19-14/h2-3,6-7,10H,4-5,8-9H2,1H3,(H,25,26)(H,21,23,27). The lowest BCUT2D eigenvalue weighted by atomic mass is 9.88. The molecule has 0 saturated carbocycles. The van der Waals surface area contributed by atoms with Gasteiger partial charge in [0.25, 0.3) is 5.91 Å². The van der Waals surface area contributed by atoms with Crippen molar-refractivity contribution < 1.29 is 14.7 Å². The Morgan fingerprint density at radius 1 is 1.19 bits per heavy atom. The van der Waals surface area contributed by atoms with Crippen molar-refractivity contribution in [3.05, 3.63) is 36.2 Å². The van der Waals surface area contributed by atoms with E-state index in [-0.39, 0.29) is 11.5 Å². The second-order valence-corrected chi connectivity index (χ2v) is 6.65. The fourth-order valence-electron chi connectivity index (χ4n) is 3.44. The van der Waals surface area contributed by atoms with Crippen molar-refractivity contribution in [1.29, 1.82) is 0 Å². The van der Waals surface area contributed by atoms with Crippen molar-refractivity contribution in [3.63, 3.8) is 0 Å². The highest BCUT2D eigenvalue weighted by Gasteiger charge is 2.45. The molecule has 4 heterocycles. The number of nitrogens with zero attached hydrogens (tertiary/aromatic N) is 5. The third kappa shape index (κ3) is 3.12. The Labute approximate surface area is 155 Å². The molecule has 0 atom stereocenters. The Bertz CT molecular complexity index is 950. The summed E-state index contributed by atoms with van der Waals surface area (Å²) in [5.74, 6) is 0.143. The van der Waals surface area contributed by atoms with Crippen LogP contribution >= 0.6 is 0 Å². The molecule has 27 heavy (non-hydrogen) atoms. The van der Waals surface area contributed by atoms with Gasteiger partial charge in [-0.1, -0.05) is 0 Å². The number of carbonyl (C=O) groups excluding carboxylic acids is 1. The van der Waals surface area contributed by atoms with Gasteiger partial charge < -0.3 is 15.3 Å². The van der Waals surface area contributed by atoms with Gasteiger partial charge in [-0.15, -0.1) is 0 Å². The zero-order chi connectivity index (χ0) is 19.0. The van der Waals surface area contributed by atoms with Crippen LogP contribution in [0.25, 0.3) is 11.4 Å². The lowest BCUT2D eigenvalue weighted by molar-refractivity contribution is -0.124. The predicted octanol–water partition coefficient (Wildman–Crippen LogP) is 1.12. The minimum absolute atomic E-state index is 0.0380. The molecule has 4 rings (SSSR count). The summed E-state index contributed by atoms with van der Waals surface area (Å²) in [6, 6.07) is 4.62. The summed E-state index contributed by atoms with van der Waals surface area (Å²) in [7, 11) is 0. The third-order valence-corrected chi connectivity index (χ3v) is 4.88. The molecule has 1 saturated heterocycles. The average Bonchev–Trinajstić information content (AvgIpc) is 2.95. The smallest absolute Gasteiger partial charge is 0.335 e. The monoisotopic (exact) mass is 366 g/mol. The maximum absolute atomic E-state index is 12.2. The summed E-state index contributed by atoms with van der Waals surface area (Å²) in [6.45, 7) is 3.01. The van der Waals surface area contributed by atoms with Gasteiger partial charge in [-0.2, -0.15) is 0 Å². The van der Waals surface area contributed by atoms with E-state index in [1.54, 1.807) is 19.2 Å². The van der Waals surface area contributed by atoms with Crippen LogP contribution in [0.1, 0.15) is 30.1 Å². The van der Waals surface area contributed by atoms with E-state index in [0.29, 0.717) is 49.1 Å². The molecule has 9 heteroatoms. The number of piperidine rings is 1. The number of aromatic carboxylic acids is 1. The number of carboxylic acids is 1. The Morgan fingerprint density at radius 2 is 1.93 bits per heavy atom. The van der Waals surface area contributed by atoms with Gasteiger partial charge in [0.15, 0.2) is 0 Å². The predicted molar refractivity (Wildman–Crippen MR) is 97.7 cm³/mol. The quantitative estimate of drug-likeness (QED) is 0.835. The molecule has 2 aliphatic heterocycles. The lowest BCUT2D eigenvalue weighted by Gasteiger charge is -2.35. The van der Waals surface area contributed by atoms with Crippen LogP contribution < -0.4 is 10.2 Å². The molecule has 0 aromatic carbocycles. The van der Waals surface area contributed by atoms with Crippen LogP contribution in [0.15, 0.2) is 35.6 Å². The van der Waals surface area contributed by atoms with Crippen molar-refractivity contribution in [2.75, 3.05) is 18.0 Å². The second kappa shape index (κ2) is 6.42. The van der Waals surface area contributed by atoms with E-state index in [9.17, 15) is 9.59 Å². The molecule has 2 aromatic heterocycles. The van der Waals surface area contributed by atoms with Crippen molar-refractivity contribution in [3.8, 4) is 11.4 Å². The lowest BCUT2D eigenvalue weighted by Crippen LogP contribution is -2.49. The number of pyridine rings is 1. The molecule has 138 valence electrons. The molecule has 2 aliphatic rings. The first kappa shape index (κ1) is 17.1. The van der Waals surface area contributed by atoms with E-state index < -0.39 is 11.5 Å². The van der Waals surface area contributed by atoms with Crippen LogP contribution in [0, 0.1) is 0 Å². The first-order chi connectivity index (χ1) is 13.0. The third-order valence-electron chi connectivity index (χ3n) is 4.88. The summed E-state index contributed by atoms with van der Waals surface area (Å²) < 4.78 is 0. The number of anilines is 1. The molecule has 1 fully saturated rings. The van der Waals surface area contributed by atoms with Crippen molar-refractivity contribution in [2.45, 2.75) is 25.3 Å². The first-order valence-electron chi connectivity index (χ1n) is 8.62. The molecule has 0 radical (unpaired) electrons. The van der Waals surface area contributed by atoms with Gasteiger partial charge in [0.1, 0.15) is 11.4 Å². The molecule has 9 nitrogen and oxygen atoms in total. The largest absolute Gasteiger partial charge is 0.478 e. The summed E-state index contributed by atoms with van der Waals surface area (Å²) in [5, 5.41) is 11.9. The van der Waals surface area contributed by atoms with E-state index in [0.717, 1.165) is 0 Å². The van der Waals surface area contributed by atoms with Gasteiger partial charge in [0.2, 0.25) is 5.95 Å². The number of aromatic nitrogens is 3. The number of carboxylic acid groups (broad SMARTS) is 1. The van der Waals surface area contributed by atoms with E-state index >= 15 is 0 Å². The second-order valence-electron chi connectivity index (χ2n) is 6.65. The number of amides is 1. The first-order valence-corrected chi connectivity index (χ1v) is 8.62. The number of aliphatic imine (C=N–C) groups is 1. The van der Waals surface area contributed by atoms with Crippen LogP contribution in [-0.4, -0.2) is 56.4 Å². The number of rotatable bonds is 3. The van der Waals surface area contributed by atoms with Crippen molar-refractivity contribution >= 4 is 23.7 Å². The zero-order valence-corrected chi connectivity index (χ0v) is 14.7. The summed E-state index contributed by atoms with van der Waals surface area (Å²) in [6.07, 6.45) is 4.26. The highest BCUT2D eigenvalue weighted by Crippen LogP contribution is 2.31. The van der Waals surface area contributed by atoms with E-state index in [1.807, 2.05) is 4.90 Å². The van der Waals surface area contributed by atoms with E-state index in [2.05, 4.69) is 25.3 Å². The topological polar surface area (TPSA) is 121 Å². The fourth-order valence-corrected chi connectivity index (χ4v) is 3.44. The maximum atomic E-state index is 12.2.